The van der Waals surface area contributed by atoms with Crippen LogP contribution < -0.4 is 4.90 Å². The van der Waals surface area contributed by atoms with Gasteiger partial charge in [-0.05, 0) is 37.3 Å². The zero-order valence-electron chi connectivity index (χ0n) is 9.48. The van der Waals surface area contributed by atoms with Gasteiger partial charge in [0.2, 0.25) is 0 Å². The van der Waals surface area contributed by atoms with E-state index in [2.05, 4.69) is 11.8 Å². The molecule has 1 aromatic heterocycles. The van der Waals surface area contributed by atoms with Gasteiger partial charge in [0.25, 0.3) is 0 Å². The normalized spacial score (nSPS) is 15.1. The molecule has 1 N–H and O–H groups in total. The van der Waals surface area contributed by atoms with Crippen molar-refractivity contribution in [2.75, 3.05) is 18.0 Å². The Bertz CT molecular complexity index is 371. The van der Waals surface area contributed by atoms with Gasteiger partial charge in [-0.1, -0.05) is 6.92 Å². The molecule has 0 amide bonds. The zero-order chi connectivity index (χ0) is 11.5. The highest BCUT2D eigenvalue weighted by Gasteiger charge is 2.25. The van der Waals surface area contributed by atoms with Gasteiger partial charge in [-0.25, -0.2) is 4.79 Å². The number of carboxylic acids is 1. The zero-order valence-corrected chi connectivity index (χ0v) is 10.3. The predicted octanol–water partition coefficient (Wildman–Crippen LogP) is 3.07. The number of aromatic carboxylic acids is 1. The van der Waals surface area contributed by atoms with Gasteiger partial charge in [0.1, 0.15) is 4.88 Å². The van der Waals surface area contributed by atoms with Crippen molar-refractivity contribution >= 4 is 22.3 Å². The van der Waals surface area contributed by atoms with Crippen LogP contribution in [0.25, 0.3) is 0 Å². The van der Waals surface area contributed by atoms with Crippen molar-refractivity contribution in [2.24, 2.45) is 5.92 Å². The molecular formula is C12H17NO2S. The molecule has 1 fully saturated rings. The van der Waals surface area contributed by atoms with E-state index >= 15 is 0 Å². The average Bonchev–Trinajstić information content (AvgIpc) is 2.92. The monoisotopic (exact) mass is 239 g/mol. The number of carboxylic acid groups (broad SMARTS) is 1. The molecule has 3 nitrogen and oxygen atoms in total. The second-order valence-corrected chi connectivity index (χ2v) is 5.39. The summed E-state index contributed by atoms with van der Waals surface area (Å²) in [6, 6.07) is 3.64. The molecule has 1 aliphatic rings. The van der Waals surface area contributed by atoms with E-state index in [1.165, 1.54) is 24.2 Å². The Balaban J connectivity index is 2.06. The molecule has 0 spiro atoms. The van der Waals surface area contributed by atoms with Gasteiger partial charge in [-0.15, -0.1) is 11.3 Å². The first-order valence-corrected chi connectivity index (χ1v) is 6.60. The van der Waals surface area contributed by atoms with Gasteiger partial charge in [-0.2, -0.15) is 0 Å². The highest BCUT2D eigenvalue weighted by Crippen LogP contribution is 2.34. The molecule has 2 rings (SSSR count). The summed E-state index contributed by atoms with van der Waals surface area (Å²) in [5.41, 5.74) is 0. The Labute approximate surface area is 99.7 Å². The Hall–Kier alpha value is -1.03. The third-order valence-corrected chi connectivity index (χ3v) is 3.92. The van der Waals surface area contributed by atoms with Crippen LogP contribution in [0.4, 0.5) is 5.00 Å². The Morgan fingerprint density at radius 2 is 2.31 bits per heavy atom. The average molecular weight is 239 g/mol. The maximum Gasteiger partial charge on any atom is 0.345 e. The van der Waals surface area contributed by atoms with E-state index in [-0.39, 0.29) is 0 Å². The molecule has 1 aliphatic carbocycles. The lowest BCUT2D eigenvalue weighted by atomic mass is 10.3. The second kappa shape index (κ2) is 4.87. The summed E-state index contributed by atoms with van der Waals surface area (Å²) < 4.78 is 0. The fraction of sp³-hybridized carbons (Fsp3) is 0.583. The van der Waals surface area contributed by atoms with Crippen molar-refractivity contribution in [3.8, 4) is 0 Å². The minimum atomic E-state index is -0.820. The molecule has 88 valence electrons. The minimum Gasteiger partial charge on any atom is -0.477 e. The molecule has 1 aromatic rings. The minimum absolute atomic E-state index is 0.437. The van der Waals surface area contributed by atoms with Crippen molar-refractivity contribution in [1.82, 2.24) is 0 Å². The lowest BCUT2D eigenvalue weighted by Gasteiger charge is -2.22. The van der Waals surface area contributed by atoms with Crippen LogP contribution in [0.15, 0.2) is 12.1 Å². The first-order valence-electron chi connectivity index (χ1n) is 5.78. The molecule has 0 saturated heterocycles. The van der Waals surface area contributed by atoms with Gasteiger partial charge < -0.3 is 10.0 Å². The number of hydrogen-bond donors (Lipinski definition) is 1. The van der Waals surface area contributed by atoms with E-state index in [0.29, 0.717) is 4.88 Å². The topological polar surface area (TPSA) is 40.5 Å². The van der Waals surface area contributed by atoms with Crippen LogP contribution in [0.1, 0.15) is 35.9 Å². The predicted molar refractivity (Wildman–Crippen MR) is 66.5 cm³/mol. The number of anilines is 1. The summed E-state index contributed by atoms with van der Waals surface area (Å²) in [5.74, 6) is 0.0149. The van der Waals surface area contributed by atoms with E-state index < -0.39 is 5.97 Å². The summed E-state index contributed by atoms with van der Waals surface area (Å²) in [5, 5.41) is 10.00. The van der Waals surface area contributed by atoms with Crippen LogP contribution in [0, 0.1) is 5.92 Å². The molecular weight excluding hydrogens is 222 g/mol. The van der Waals surface area contributed by atoms with Crippen LogP contribution in [0.3, 0.4) is 0 Å². The quantitative estimate of drug-likeness (QED) is 0.829. The molecule has 0 aromatic carbocycles. The van der Waals surface area contributed by atoms with E-state index in [4.69, 9.17) is 5.11 Å². The van der Waals surface area contributed by atoms with Crippen LogP contribution in [0.5, 0.6) is 0 Å². The van der Waals surface area contributed by atoms with E-state index in [0.717, 1.165) is 30.4 Å². The highest BCUT2D eigenvalue weighted by atomic mass is 32.1. The maximum atomic E-state index is 10.8. The lowest BCUT2D eigenvalue weighted by molar-refractivity contribution is 0.0702. The molecule has 0 radical (unpaired) electrons. The Morgan fingerprint density at radius 1 is 1.56 bits per heavy atom. The molecule has 4 heteroatoms. The smallest absolute Gasteiger partial charge is 0.345 e. The lowest BCUT2D eigenvalue weighted by Crippen LogP contribution is -2.25. The summed E-state index contributed by atoms with van der Waals surface area (Å²) in [7, 11) is 0. The molecule has 0 atom stereocenters. The standard InChI is InChI=1S/C12H17NO2S/c1-2-7-13(8-9-3-4-9)11-6-5-10(16-11)12(14)15/h5-6,9H,2-4,7-8H2,1H3,(H,14,15). The first kappa shape index (κ1) is 11.5. The summed E-state index contributed by atoms with van der Waals surface area (Å²) in [4.78, 5) is 13.6. The van der Waals surface area contributed by atoms with Crippen LogP contribution in [0.2, 0.25) is 0 Å². The largest absolute Gasteiger partial charge is 0.477 e. The van der Waals surface area contributed by atoms with Crippen molar-refractivity contribution < 1.29 is 9.90 Å². The van der Waals surface area contributed by atoms with Crippen molar-refractivity contribution in [3.05, 3.63) is 17.0 Å². The van der Waals surface area contributed by atoms with Crippen molar-refractivity contribution in [1.29, 1.82) is 0 Å². The maximum absolute atomic E-state index is 10.8. The number of nitrogens with zero attached hydrogens (tertiary/aromatic N) is 1. The highest BCUT2D eigenvalue weighted by molar-refractivity contribution is 7.17. The van der Waals surface area contributed by atoms with Gasteiger partial charge in [0.15, 0.2) is 0 Å². The Morgan fingerprint density at radius 3 is 2.81 bits per heavy atom. The van der Waals surface area contributed by atoms with E-state index in [1.54, 1.807) is 6.07 Å². The summed E-state index contributed by atoms with van der Waals surface area (Å²) in [6.07, 6.45) is 3.77. The first-order chi connectivity index (χ1) is 7.70. The molecule has 1 heterocycles. The molecule has 0 aliphatic heterocycles. The van der Waals surface area contributed by atoms with Gasteiger partial charge in [0.05, 0.1) is 5.00 Å². The SMILES string of the molecule is CCCN(CC1CC1)c1ccc(C(=O)O)s1. The van der Waals surface area contributed by atoms with Gasteiger partial charge >= 0.3 is 5.97 Å². The molecule has 16 heavy (non-hydrogen) atoms. The third-order valence-electron chi connectivity index (χ3n) is 2.78. The fourth-order valence-corrected chi connectivity index (χ4v) is 2.67. The Kier molecular flexibility index (Phi) is 3.49. The van der Waals surface area contributed by atoms with Crippen LogP contribution in [-0.2, 0) is 0 Å². The van der Waals surface area contributed by atoms with Crippen LogP contribution >= 0.6 is 11.3 Å². The summed E-state index contributed by atoms with van der Waals surface area (Å²) >= 11 is 1.39. The third kappa shape index (κ3) is 2.76. The number of carbonyl (C=O) groups is 1. The fourth-order valence-electron chi connectivity index (χ4n) is 1.79. The summed E-state index contributed by atoms with van der Waals surface area (Å²) in [6.45, 7) is 4.27. The van der Waals surface area contributed by atoms with Gasteiger partial charge in [-0.3, -0.25) is 0 Å². The second-order valence-electron chi connectivity index (χ2n) is 4.33. The van der Waals surface area contributed by atoms with E-state index in [9.17, 15) is 4.79 Å². The number of rotatable bonds is 6. The molecule has 0 unspecified atom stereocenters. The van der Waals surface area contributed by atoms with Gasteiger partial charge in [0, 0.05) is 13.1 Å². The number of thiophene rings is 1. The molecule has 1 saturated carbocycles. The number of hydrogen-bond acceptors (Lipinski definition) is 3. The van der Waals surface area contributed by atoms with Crippen LogP contribution in [-0.4, -0.2) is 24.2 Å². The van der Waals surface area contributed by atoms with E-state index in [1.807, 2.05) is 6.07 Å². The molecule has 0 bridgehead atoms. The van der Waals surface area contributed by atoms with Crippen molar-refractivity contribution in [3.63, 3.8) is 0 Å². The van der Waals surface area contributed by atoms with Crippen molar-refractivity contribution in [2.45, 2.75) is 26.2 Å².